The predicted molar refractivity (Wildman–Crippen MR) is 118 cm³/mol. The van der Waals surface area contributed by atoms with E-state index >= 15 is 0 Å². The summed E-state index contributed by atoms with van der Waals surface area (Å²) < 4.78 is 2.04. The highest BCUT2D eigenvalue weighted by Gasteiger charge is 2.20. The third-order valence-electron chi connectivity index (χ3n) is 5.92. The van der Waals surface area contributed by atoms with Crippen LogP contribution in [0.15, 0.2) is 54.6 Å². The van der Waals surface area contributed by atoms with Gasteiger partial charge in [0.1, 0.15) is 5.82 Å². The molecule has 6 nitrogen and oxygen atoms in total. The van der Waals surface area contributed by atoms with E-state index in [1.807, 2.05) is 47.0 Å². The zero-order chi connectivity index (χ0) is 20.9. The molecule has 0 spiro atoms. The van der Waals surface area contributed by atoms with Crippen molar-refractivity contribution in [3.8, 4) is 0 Å². The van der Waals surface area contributed by atoms with Crippen LogP contribution in [-0.4, -0.2) is 51.2 Å². The van der Waals surface area contributed by atoms with Gasteiger partial charge in [0.25, 0.3) is 5.91 Å². The fraction of sp³-hybridized carbons (Fsp3) is 0.417. The van der Waals surface area contributed by atoms with Crippen LogP contribution in [0, 0.1) is 5.92 Å². The molecule has 30 heavy (non-hydrogen) atoms. The van der Waals surface area contributed by atoms with Crippen LogP contribution in [0.1, 0.15) is 35.9 Å². The van der Waals surface area contributed by atoms with Gasteiger partial charge in [-0.3, -0.25) is 4.79 Å². The van der Waals surface area contributed by atoms with Crippen LogP contribution in [0.2, 0.25) is 0 Å². The smallest absolute Gasteiger partial charge is 0.251 e. The van der Waals surface area contributed by atoms with Crippen molar-refractivity contribution < 1.29 is 9.90 Å². The van der Waals surface area contributed by atoms with Gasteiger partial charge in [0.2, 0.25) is 0 Å². The van der Waals surface area contributed by atoms with Crippen molar-refractivity contribution in [2.75, 3.05) is 19.6 Å². The van der Waals surface area contributed by atoms with Crippen molar-refractivity contribution in [2.24, 2.45) is 5.92 Å². The van der Waals surface area contributed by atoms with Crippen molar-refractivity contribution in [1.82, 2.24) is 19.8 Å². The van der Waals surface area contributed by atoms with Gasteiger partial charge in [0.15, 0.2) is 0 Å². The van der Waals surface area contributed by atoms with Gasteiger partial charge < -0.3 is 19.9 Å². The number of imidazole rings is 1. The van der Waals surface area contributed by atoms with E-state index in [0.717, 1.165) is 35.9 Å². The number of hydrogen-bond acceptors (Lipinski definition) is 4. The Bertz CT molecular complexity index is 977. The quantitative estimate of drug-likeness (QED) is 0.633. The molecule has 1 fully saturated rings. The molecule has 1 aliphatic heterocycles. The Kier molecular flexibility index (Phi) is 6.45. The lowest BCUT2D eigenvalue weighted by Crippen LogP contribution is -2.40. The summed E-state index contributed by atoms with van der Waals surface area (Å²) >= 11 is 0. The summed E-state index contributed by atoms with van der Waals surface area (Å²) in [4.78, 5) is 19.5. The maximum Gasteiger partial charge on any atom is 0.251 e. The van der Waals surface area contributed by atoms with E-state index in [1.165, 1.54) is 12.8 Å². The molecular weight excluding hydrogens is 376 g/mol. The molecule has 1 saturated heterocycles. The lowest BCUT2D eigenvalue weighted by atomic mass is 9.99. The largest absolute Gasteiger partial charge is 0.390 e. The van der Waals surface area contributed by atoms with Crippen molar-refractivity contribution in [3.63, 3.8) is 0 Å². The van der Waals surface area contributed by atoms with Gasteiger partial charge in [0, 0.05) is 12.1 Å². The van der Waals surface area contributed by atoms with Gasteiger partial charge in [0.05, 0.1) is 30.2 Å². The van der Waals surface area contributed by atoms with Crippen molar-refractivity contribution >= 4 is 16.9 Å². The van der Waals surface area contributed by atoms with E-state index < -0.39 is 6.10 Å². The number of nitrogens with zero attached hydrogens (tertiary/aromatic N) is 3. The Balaban J connectivity index is 1.46. The SMILES string of the molecule is CC1CCN(CC(O)Cn2c(CNC(=O)c3ccccc3)nc3ccccc32)CC1. The molecule has 1 unspecified atom stereocenters. The second kappa shape index (κ2) is 9.41. The van der Waals surface area contributed by atoms with Gasteiger partial charge in [-0.1, -0.05) is 37.3 Å². The van der Waals surface area contributed by atoms with Crippen LogP contribution in [0.25, 0.3) is 11.0 Å². The summed E-state index contributed by atoms with van der Waals surface area (Å²) in [6.45, 7) is 5.82. The third-order valence-corrected chi connectivity index (χ3v) is 5.92. The number of carbonyl (C=O) groups is 1. The fourth-order valence-corrected chi connectivity index (χ4v) is 4.13. The van der Waals surface area contributed by atoms with E-state index in [4.69, 9.17) is 4.98 Å². The first-order valence-electron chi connectivity index (χ1n) is 10.8. The first-order valence-corrected chi connectivity index (χ1v) is 10.8. The Labute approximate surface area is 177 Å². The van der Waals surface area contributed by atoms with Crippen molar-refractivity contribution in [1.29, 1.82) is 0 Å². The van der Waals surface area contributed by atoms with E-state index in [-0.39, 0.29) is 5.91 Å². The van der Waals surface area contributed by atoms with Crippen LogP contribution in [0.5, 0.6) is 0 Å². The number of β-amino-alcohol motifs (C(OH)–C–C–N with tert-alkyl or cyclic N) is 1. The Morgan fingerprint density at radius 2 is 1.80 bits per heavy atom. The molecule has 6 heteroatoms. The Morgan fingerprint density at radius 1 is 1.10 bits per heavy atom. The lowest BCUT2D eigenvalue weighted by molar-refractivity contribution is 0.0802. The van der Waals surface area contributed by atoms with Crippen LogP contribution in [0.3, 0.4) is 0 Å². The number of carbonyl (C=O) groups excluding carboxylic acids is 1. The molecular formula is C24H30N4O2. The second-order valence-corrected chi connectivity index (χ2v) is 8.31. The average molecular weight is 407 g/mol. The zero-order valence-electron chi connectivity index (χ0n) is 17.5. The molecule has 1 amide bonds. The summed E-state index contributed by atoms with van der Waals surface area (Å²) in [5.74, 6) is 1.40. The minimum Gasteiger partial charge on any atom is -0.390 e. The third kappa shape index (κ3) is 4.89. The summed E-state index contributed by atoms with van der Waals surface area (Å²) in [5, 5.41) is 13.8. The predicted octanol–water partition coefficient (Wildman–Crippen LogP) is 3.06. The molecule has 0 radical (unpaired) electrons. The molecule has 2 heterocycles. The van der Waals surface area contributed by atoms with Gasteiger partial charge in [-0.2, -0.15) is 0 Å². The van der Waals surface area contributed by atoms with Crippen LogP contribution in [-0.2, 0) is 13.1 Å². The average Bonchev–Trinajstić information content (AvgIpc) is 3.11. The highest BCUT2D eigenvalue weighted by Crippen LogP contribution is 2.19. The summed E-state index contributed by atoms with van der Waals surface area (Å²) in [6, 6.07) is 17.1. The van der Waals surface area contributed by atoms with Gasteiger partial charge in [-0.15, -0.1) is 0 Å². The highest BCUT2D eigenvalue weighted by molar-refractivity contribution is 5.94. The number of para-hydroxylation sites is 2. The van der Waals surface area contributed by atoms with Gasteiger partial charge >= 0.3 is 0 Å². The molecule has 158 valence electrons. The molecule has 1 atom stereocenters. The first kappa shape index (κ1) is 20.6. The second-order valence-electron chi connectivity index (χ2n) is 8.31. The number of amides is 1. The summed E-state index contributed by atoms with van der Waals surface area (Å²) in [5.41, 5.74) is 2.48. The zero-order valence-corrected chi connectivity index (χ0v) is 17.5. The van der Waals surface area contributed by atoms with E-state index in [2.05, 4.69) is 17.1 Å². The number of benzene rings is 2. The van der Waals surface area contributed by atoms with Crippen LogP contribution < -0.4 is 5.32 Å². The van der Waals surface area contributed by atoms with Gasteiger partial charge in [-0.25, -0.2) is 4.98 Å². The number of aliphatic hydroxyl groups is 1. The van der Waals surface area contributed by atoms with Crippen molar-refractivity contribution in [2.45, 2.75) is 39.0 Å². The van der Waals surface area contributed by atoms with Crippen LogP contribution >= 0.6 is 0 Å². The molecule has 2 aromatic carbocycles. The normalized spacial score (nSPS) is 16.6. The van der Waals surface area contributed by atoms with E-state index in [1.54, 1.807) is 12.1 Å². The molecule has 1 aliphatic rings. The number of rotatable bonds is 7. The van der Waals surface area contributed by atoms with E-state index in [9.17, 15) is 9.90 Å². The topological polar surface area (TPSA) is 70.4 Å². The van der Waals surface area contributed by atoms with E-state index in [0.29, 0.717) is 25.2 Å². The minimum atomic E-state index is -0.486. The van der Waals surface area contributed by atoms with Crippen molar-refractivity contribution in [3.05, 3.63) is 66.0 Å². The first-order chi connectivity index (χ1) is 14.6. The number of hydrogen-bond donors (Lipinski definition) is 2. The number of aromatic nitrogens is 2. The molecule has 1 aromatic heterocycles. The maximum absolute atomic E-state index is 12.5. The fourth-order valence-electron chi connectivity index (χ4n) is 4.13. The number of nitrogens with one attached hydrogen (secondary N) is 1. The number of aliphatic hydroxyl groups excluding tert-OH is 1. The maximum atomic E-state index is 12.5. The standard InChI is InChI=1S/C24H30N4O2/c1-18-11-13-27(14-12-18)16-20(29)17-28-22-10-6-5-9-21(22)26-23(28)15-25-24(30)19-7-3-2-4-8-19/h2-10,18,20,29H,11-17H2,1H3,(H,25,30). The van der Waals surface area contributed by atoms with Crippen LogP contribution in [0.4, 0.5) is 0 Å². The molecule has 0 saturated carbocycles. The molecule has 4 rings (SSSR count). The molecule has 0 aliphatic carbocycles. The summed E-state index contributed by atoms with van der Waals surface area (Å²) in [6.07, 6.45) is 1.90. The Morgan fingerprint density at radius 3 is 2.57 bits per heavy atom. The lowest BCUT2D eigenvalue weighted by Gasteiger charge is -2.31. The number of fused-ring (bicyclic) bond motifs is 1. The summed E-state index contributed by atoms with van der Waals surface area (Å²) in [7, 11) is 0. The highest BCUT2D eigenvalue weighted by atomic mass is 16.3. The number of piperidine rings is 1. The molecule has 0 bridgehead atoms. The number of likely N-dealkylation sites (tertiary alicyclic amines) is 1. The molecule has 3 aromatic rings. The minimum absolute atomic E-state index is 0.128. The van der Waals surface area contributed by atoms with Gasteiger partial charge in [-0.05, 0) is 56.1 Å². The monoisotopic (exact) mass is 406 g/mol. The Hall–Kier alpha value is -2.70. The molecule has 2 N–H and O–H groups in total.